The Morgan fingerprint density at radius 3 is 2.44 bits per heavy atom. The predicted molar refractivity (Wildman–Crippen MR) is 153 cm³/mol. The van der Waals surface area contributed by atoms with Crippen LogP contribution in [0.4, 0.5) is 33.9 Å². The van der Waals surface area contributed by atoms with Gasteiger partial charge < -0.3 is 15.1 Å². The van der Waals surface area contributed by atoms with Gasteiger partial charge in [0.2, 0.25) is 0 Å². The van der Waals surface area contributed by atoms with Crippen molar-refractivity contribution in [1.82, 2.24) is 20.0 Å². The highest BCUT2D eigenvalue weighted by molar-refractivity contribution is 5.94. The fraction of sp³-hybridized carbons (Fsp3) is 0.452. The molecule has 3 aromatic rings. The topological polar surface area (TPSA) is 73.7 Å². The predicted octanol–water partition coefficient (Wildman–Crippen LogP) is 5.45. The van der Waals surface area contributed by atoms with Crippen molar-refractivity contribution in [1.29, 1.82) is 0 Å². The zero-order valence-corrected chi connectivity index (χ0v) is 24.1. The van der Waals surface area contributed by atoms with E-state index in [-0.39, 0.29) is 48.2 Å². The number of nitrogens with zero attached hydrogens (tertiary/aromatic N) is 5. The van der Waals surface area contributed by atoms with Crippen LogP contribution in [0.1, 0.15) is 54.5 Å². The molecule has 1 aromatic heterocycles. The van der Waals surface area contributed by atoms with Crippen LogP contribution in [0.25, 0.3) is 0 Å². The van der Waals surface area contributed by atoms with Gasteiger partial charge in [-0.15, -0.1) is 0 Å². The highest BCUT2D eigenvalue weighted by Gasteiger charge is 2.41. The molecule has 43 heavy (non-hydrogen) atoms. The highest BCUT2D eigenvalue weighted by Crippen LogP contribution is 2.38. The molecule has 228 valence electrons. The Labute approximate surface area is 247 Å². The van der Waals surface area contributed by atoms with Gasteiger partial charge >= 0.3 is 12.2 Å². The Balaban J connectivity index is 1.32. The van der Waals surface area contributed by atoms with Crippen molar-refractivity contribution in [3.8, 4) is 0 Å². The summed E-state index contributed by atoms with van der Waals surface area (Å²) in [5.74, 6) is -0.117. The molecule has 3 aliphatic heterocycles. The van der Waals surface area contributed by atoms with Crippen molar-refractivity contribution in [2.75, 3.05) is 29.4 Å². The number of rotatable bonds is 7. The number of alkyl halides is 3. The van der Waals surface area contributed by atoms with Crippen molar-refractivity contribution in [3.05, 3.63) is 76.7 Å². The van der Waals surface area contributed by atoms with Crippen molar-refractivity contribution in [2.24, 2.45) is 0 Å². The second-order valence-corrected chi connectivity index (χ2v) is 11.6. The van der Waals surface area contributed by atoms with Gasteiger partial charge in [0.1, 0.15) is 11.9 Å². The first kappa shape index (κ1) is 29.2. The minimum atomic E-state index is -4.59. The number of para-hydroxylation sites is 1. The van der Waals surface area contributed by atoms with Gasteiger partial charge in [0.15, 0.2) is 11.6 Å². The number of aryl methyl sites for hydroxylation is 1. The number of Topliss-reactive ketones (excluding diaryl/α,β-unsaturated/α-hetero) is 1. The molecular formula is C31H34F4N6O2. The quantitative estimate of drug-likeness (QED) is 0.366. The maximum atomic E-state index is 14.7. The smallest absolute Gasteiger partial charge is 0.369 e. The number of carbonyl (C=O) groups excluding carboxylic acids is 2. The monoisotopic (exact) mass is 598 g/mol. The van der Waals surface area contributed by atoms with Crippen LogP contribution >= 0.6 is 0 Å². The SMILES string of the molecule is CC(=O)C(C1CCN1)n1cc2c(n1)N(Cc1ccccc1C(F)(F)F)C(=O)N(C1CCN(c3c(C)cccc3F)CC1)C2. The van der Waals surface area contributed by atoms with Gasteiger partial charge in [-0.25, -0.2) is 9.18 Å². The number of anilines is 2. The largest absolute Gasteiger partial charge is 0.416 e. The van der Waals surface area contributed by atoms with Gasteiger partial charge in [-0.1, -0.05) is 30.3 Å². The van der Waals surface area contributed by atoms with Crippen molar-refractivity contribution in [2.45, 2.75) is 70.5 Å². The molecule has 0 bridgehead atoms. The molecule has 4 heterocycles. The summed E-state index contributed by atoms with van der Waals surface area (Å²) in [6, 6.07) is 8.88. The molecule has 2 atom stereocenters. The number of fused-ring (bicyclic) bond motifs is 1. The Kier molecular flexibility index (Phi) is 7.66. The summed E-state index contributed by atoms with van der Waals surface area (Å²) in [7, 11) is 0. The van der Waals surface area contributed by atoms with E-state index in [2.05, 4.69) is 10.4 Å². The van der Waals surface area contributed by atoms with E-state index in [9.17, 15) is 27.2 Å². The number of piperidine rings is 1. The lowest BCUT2D eigenvalue weighted by Gasteiger charge is -2.43. The third-order valence-corrected chi connectivity index (χ3v) is 8.86. The minimum absolute atomic E-state index is 0.0423. The molecular weight excluding hydrogens is 564 g/mol. The first-order chi connectivity index (χ1) is 20.5. The molecule has 2 fully saturated rings. The van der Waals surface area contributed by atoms with Crippen molar-refractivity contribution < 1.29 is 27.2 Å². The number of carbonyl (C=O) groups is 2. The van der Waals surface area contributed by atoms with E-state index in [4.69, 9.17) is 0 Å². The number of urea groups is 1. The van der Waals surface area contributed by atoms with E-state index in [0.29, 0.717) is 37.2 Å². The van der Waals surface area contributed by atoms with Crippen molar-refractivity contribution >= 4 is 23.3 Å². The third-order valence-electron chi connectivity index (χ3n) is 8.86. The van der Waals surface area contributed by atoms with Crippen LogP contribution < -0.4 is 15.1 Å². The lowest BCUT2D eigenvalue weighted by Crippen LogP contribution is -2.54. The van der Waals surface area contributed by atoms with Gasteiger partial charge in [0.05, 0.1) is 24.3 Å². The molecule has 1 N–H and O–H groups in total. The molecule has 2 aromatic carbocycles. The van der Waals surface area contributed by atoms with Crippen LogP contribution in [0.3, 0.4) is 0 Å². The van der Waals surface area contributed by atoms with Gasteiger partial charge in [-0.05, 0) is 62.9 Å². The van der Waals surface area contributed by atoms with Crippen LogP contribution in [0, 0.1) is 12.7 Å². The molecule has 0 radical (unpaired) electrons. The number of benzene rings is 2. The number of amides is 2. The lowest BCUT2D eigenvalue weighted by atomic mass is 9.96. The second-order valence-electron chi connectivity index (χ2n) is 11.6. The maximum Gasteiger partial charge on any atom is 0.416 e. The minimum Gasteiger partial charge on any atom is -0.369 e. The van der Waals surface area contributed by atoms with E-state index in [1.807, 2.05) is 17.9 Å². The second kappa shape index (κ2) is 11.3. The summed E-state index contributed by atoms with van der Waals surface area (Å²) >= 11 is 0. The van der Waals surface area contributed by atoms with Gasteiger partial charge in [-0.3, -0.25) is 14.4 Å². The van der Waals surface area contributed by atoms with Crippen LogP contribution in [0.15, 0.2) is 48.7 Å². The Morgan fingerprint density at radius 2 is 1.81 bits per heavy atom. The average molecular weight is 599 g/mol. The molecule has 2 amide bonds. The number of aromatic nitrogens is 2. The van der Waals surface area contributed by atoms with Gasteiger partial charge in [0, 0.05) is 36.9 Å². The number of ketones is 1. The molecule has 0 aliphatic carbocycles. The Bertz CT molecular complexity index is 1510. The molecule has 0 spiro atoms. The molecule has 3 aliphatic rings. The molecule has 2 unspecified atom stereocenters. The fourth-order valence-electron chi connectivity index (χ4n) is 6.59. The first-order valence-electron chi connectivity index (χ1n) is 14.6. The first-order valence-corrected chi connectivity index (χ1v) is 14.6. The molecule has 2 saturated heterocycles. The molecule has 8 nitrogen and oxygen atoms in total. The van der Waals surface area contributed by atoms with Crippen LogP contribution in [0.5, 0.6) is 0 Å². The summed E-state index contributed by atoms with van der Waals surface area (Å²) in [5, 5.41) is 7.90. The van der Waals surface area contributed by atoms with Gasteiger partial charge in [-0.2, -0.15) is 18.3 Å². The number of hydrogen-bond donors (Lipinski definition) is 1. The zero-order chi connectivity index (χ0) is 30.5. The summed E-state index contributed by atoms with van der Waals surface area (Å²) < 4.78 is 58.0. The Hall–Kier alpha value is -3.93. The lowest BCUT2D eigenvalue weighted by molar-refractivity contribution is -0.138. The average Bonchev–Trinajstić information content (AvgIpc) is 3.35. The van der Waals surface area contributed by atoms with Crippen LogP contribution in [-0.4, -0.2) is 58.2 Å². The van der Waals surface area contributed by atoms with E-state index in [0.717, 1.165) is 24.6 Å². The molecule has 6 rings (SSSR count). The third kappa shape index (κ3) is 5.48. The van der Waals surface area contributed by atoms with E-state index in [1.54, 1.807) is 21.8 Å². The van der Waals surface area contributed by atoms with Gasteiger partial charge in [0.25, 0.3) is 0 Å². The summed E-state index contributed by atoms with van der Waals surface area (Å²) in [5.41, 5.74) is 1.20. The fourth-order valence-corrected chi connectivity index (χ4v) is 6.59. The number of nitrogens with one attached hydrogen (secondary N) is 1. The van der Waals surface area contributed by atoms with Crippen molar-refractivity contribution in [3.63, 3.8) is 0 Å². The van der Waals surface area contributed by atoms with E-state index < -0.39 is 23.8 Å². The van der Waals surface area contributed by atoms with E-state index >= 15 is 0 Å². The summed E-state index contributed by atoms with van der Waals surface area (Å²) in [6.45, 7) is 5.09. The zero-order valence-electron chi connectivity index (χ0n) is 24.1. The normalized spacial score (nSPS) is 20.2. The molecule has 0 saturated carbocycles. The Morgan fingerprint density at radius 1 is 1.09 bits per heavy atom. The summed E-state index contributed by atoms with van der Waals surface area (Å²) in [4.78, 5) is 31.7. The molecule has 12 heteroatoms. The van der Waals surface area contributed by atoms with E-state index in [1.165, 1.54) is 36.1 Å². The number of halogens is 4. The number of hydrogen-bond acceptors (Lipinski definition) is 5. The van der Waals surface area contributed by atoms with Crippen LogP contribution in [-0.2, 0) is 24.1 Å². The standard InChI is InChI=1S/C31H34F4N6O2/c1-19-6-5-9-25(32)27(19)38-14-11-23(12-15-38)39-17-22-18-41(28(20(2)42)26-10-13-36-26)37-29(22)40(30(39)43)16-21-7-3-4-8-24(21)31(33,34)35/h3-9,18,23,26,28,36H,10-17H2,1-2H3. The summed E-state index contributed by atoms with van der Waals surface area (Å²) in [6.07, 6.45) is -0.912. The maximum absolute atomic E-state index is 14.7. The van der Waals surface area contributed by atoms with Crippen LogP contribution in [0.2, 0.25) is 0 Å². The highest BCUT2D eigenvalue weighted by atomic mass is 19.4.